The van der Waals surface area contributed by atoms with E-state index in [1.807, 2.05) is 24.3 Å². The molecular formula is C16H13F2N3. The van der Waals surface area contributed by atoms with Crippen molar-refractivity contribution in [2.24, 2.45) is 5.84 Å². The third-order valence-electron chi connectivity index (χ3n) is 3.39. The highest BCUT2D eigenvalue weighted by Gasteiger charge is 2.17. The van der Waals surface area contributed by atoms with Gasteiger partial charge in [0.15, 0.2) is 0 Å². The number of nitrogens with zero attached hydrogens (tertiary/aromatic N) is 1. The summed E-state index contributed by atoms with van der Waals surface area (Å²) < 4.78 is 26.9. The Balaban J connectivity index is 2.18. The van der Waals surface area contributed by atoms with Gasteiger partial charge in [0.2, 0.25) is 0 Å². The summed E-state index contributed by atoms with van der Waals surface area (Å²) in [7, 11) is 0. The number of hydrogen-bond donors (Lipinski definition) is 2. The summed E-state index contributed by atoms with van der Waals surface area (Å²) in [6, 6.07) is 10.4. The van der Waals surface area contributed by atoms with E-state index in [1.54, 1.807) is 12.4 Å². The number of nitrogens with two attached hydrogens (primary N) is 1. The number of benzene rings is 2. The van der Waals surface area contributed by atoms with Crippen molar-refractivity contribution in [2.45, 2.75) is 6.04 Å². The van der Waals surface area contributed by atoms with Crippen LogP contribution in [0.3, 0.4) is 0 Å². The number of hydrazine groups is 1. The lowest BCUT2D eigenvalue weighted by atomic mass is 9.96. The lowest BCUT2D eigenvalue weighted by Gasteiger charge is -2.18. The second-order valence-electron chi connectivity index (χ2n) is 4.75. The van der Waals surface area contributed by atoms with E-state index < -0.39 is 17.7 Å². The van der Waals surface area contributed by atoms with Gasteiger partial charge in [0.1, 0.15) is 11.6 Å². The third-order valence-corrected chi connectivity index (χ3v) is 3.39. The van der Waals surface area contributed by atoms with Crippen LogP contribution in [-0.4, -0.2) is 4.98 Å². The number of hydrogen-bond acceptors (Lipinski definition) is 3. The van der Waals surface area contributed by atoms with Gasteiger partial charge in [-0.2, -0.15) is 0 Å². The molecule has 0 bridgehead atoms. The van der Waals surface area contributed by atoms with E-state index in [2.05, 4.69) is 10.4 Å². The molecule has 0 aliphatic carbocycles. The van der Waals surface area contributed by atoms with Crippen LogP contribution in [0.15, 0.2) is 54.9 Å². The molecule has 1 atom stereocenters. The smallest absolute Gasteiger partial charge is 0.126 e. The predicted molar refractivity (Wildman–Crippen MR) is 77.3 cm³/mol. The number of rotatable bonds is 3. The third kappa shape index (κ3) is 2.61. The topological polar surface area (TPSA) is 50.9 Å². The Hall–Kier alpha value is -2.37. The normalized spacial score (nSPS) is 12.5. The van der Waals surface area contributed by atoms with Crippen LogP contribution in [0.25, 0.3) is 10.8 Å². The highest BCUT2D eigenvalue weighted by atomic mass is 19.1. The molecule has 106 valence electrons. The Morgan fingerprint density at radius 1 is 1.00 bits per heavy atom. The fourth-order valence-corrected chi connectivity index (χ4v) is 2.48. The van der Waals surface area contributed by atoms with Gasteiger partial charge in [-0.25, -0.2) is 14.2 Å². The Labute approximate surface area is 120 Å². The first-order valence-corrected chi connectivity index (χ1v) is 6.44. The Morgan fingerprint density at radius 2 is 1.71 bits per heavy atom. The number of fused-ring (bicyclic) bond motifs is 1. The summed E-state index contributed by atoms with van der Waals surface area (Å²) in [6.45, 7) is 0. The Bertz CT molecular complexity index is 764. The first kappa shape index (κ1) is 13.6. The summed E-state index contributed by atoms with van der Waals surface area (Å²) in [5, 5.41) is 1.87. The number of pyridine rings is 1. The maximum absolute atomic E-state index is 13.4. The summed E-state index contributed by atoms with van der Waals surface area (Å²) in [4.78, 5) is 4.17. The molecule has 3 rings (SSSR count). The standard InChI is InChI=1S/C16H13F2N3/c17-12-5-11(6-13(18)7-12)16(21-19)15-9-20-8-10-3-1-2-4-14(10)15/h1-9,16,21H,19H2. The van der Waals surface area contributed by atoms with Crippen molar-refractivity contribution < 1.29 is 8.78 Å². The first-order valence-electron chi connectivity index (χ1n) is 6.44. The molecule has 0 fully saturated rings. The summed E-state index contributed by atoms with van der Waals surface area (Å²) in [6.07, 6.45) is 3.38. The van der Waals surface area contributed by atoms with Gasteiger partial charge in [0, 0.05) is 29.4 Å². The average molecular weight is 285 g/mol. The molecule has 2 aromatic carbocycles. The van der Waals surface area contributed by atoms with Gasteiger partial charge in [-0.05, 0) is 23.1 Å². The van der Waals surface area contributed by atoms with Crippen LogP contribution in [0.2, 0.25) is 0 Å². The highest BCUT2D eigenvalue weighted by Crippen LogP contribution is 2.28. The second kappa shape index (κ2) is 5.55. The minimum Gasteiger partial charge on any atom is -0.271 e. The monoisotopic (exact) mass is 285 g/mol. The average Bonchev–Trinajstić information content (AvgIpc) is 2.47. The zero-order valence-electron chi connectivity index (χ0n) is 11.1. The summed E-state index contributed by atoms with van der Waals surface area (Å²) >= 11 is 0. The Kier molecular flexibility index (Phi) is 3.60. The first-order chi connectivity index (χ1) is 10.2. The van der Waals surface area contributed by atoms with Crippen LogP contribution in [0.4, 0.5) is 8.78 Å². The minimum atomic E-state index is -0.640. The molecule has 5 heteroatoms. The second-order valence-corrected chi connectivity index (χ2v) is 4.75. The maximum atomic E-state index is 13.4. The lowest BCUT2D eigenvalue weighted by molar-refractivity contribution is 0.566. The van der Waals surface area contributed by atoms with E-state index in [9.17, 15) is 8.78 Å². The van der Waals surface area contributed by atoms with Gasteiger partial charge in [-0.1, -0.05) is 24.3 Å². The van der Waals surface area contributed by atoms with Crippen molar-refractivity contribution >= 4 is 10.8 Å². The van der Waals surface area contributed by atoms with Gasteiger partial charge >= 0.3 is 0 Å². The van der Waals surface area contributed by atoms with Gasteiger partial charge in [-0.15, -0.1) is 0 Å². The van der Waals surface area contributed by atoms with E-state index in [4.69, 9.17) is 5.84 Å². The molecule has 1 unspecified atom stereocenters. The van der Waals surface area contributed by atoms with Crippen LogP contribution in [-0.2, 0) is 0 Å². The lowest BCUT2D eigenvalue weighted by Crippen LogP contribution is -2.29. The van der Waals surface area contributed by atoms with Crippen LogP contribution >= 0.6 is 0 Å². The van der Waals surface area contributed by atoms with E-state index in [1.165, 1.54) is 12.1 Å². The molecule has 21 heavy (non-hydrogen) atoms. The fraction of sp³-hybridized carbons (Fsp3) is 0.0625. The quantitative estimate of drug-likeness (QED) is 0.574. The van der Waals surface area contributed by atoms with Crippen molar-refractivity contribution in [3.63, 3.8) is 0 Å². The molecule has 0 radical (unpaired) electrons. The molecule has 0 aliphatic heterocycles. The van der Waals surface area contributed by atoms with Crippen molar-refractivity contribution in [3.05, 3.63) is 77.6 Å². The van der Waals surface area contributed by atoms with Crippen LogP contribution in [0.5, 0.6) is 0 Å². The summed E-state index contributed by atoms with van der Waals surface area (Å²) in [5.41, 5.74) is 3.78. The molecule has 3 nitrogen and oxygen atoms in total. The number of halogens is 2. The SMILES string of the molecule is NNC(c1cc(F)cc(F)c1)c1cncc2ccccc12. The van der Waals surface area contributed by atoms with E-state index in [0.29, 0.717) is 5.56 Å². The number of aromatic nitrogens is 1. The molecule has 0 amide bonds. The van der Waals surface area contributed by atoms with Crippen molar-refractivity contribution in [3.8, 4) is 0 Å². The van der Waals surface area contributed by atoms with Gasteiger partial charge < -0.3 is 0 Å². The molecule has 0 saturated carbocycles. The molecule has 1 aromatic heterocycles. The molecule has 1 heterocycles. The highest BCUT2D eigenvalue weighted by molar-refractivity contribution is 5.85. The largest absolute Gasteiger partial charge is 0.271 e. The van der Waals surface area contributed by atoms with E-state index >= 15 is 0 Å². The summed E-state index contributed by atoms with van der Waals surface area (Å²) in [5.74, 6) is 4.32. The molecule has 3 aromatic rings. The van der Waals surface area contributed by atoms with Crippen molar-refractivity contribution in [1.29, 1.82) is 0 Å². The van der Waals surface area contributed by atoms with E-state index in [-0.39, 0.29) is 0 Å². The predicted octanol–water partition coefficient (Wildman–Crippen LogP) is 3.07. The van der Waals surface area contributed by atoms with Gasteiger partial charge in [-0.3, -0.25) is 10.8 Å². The van der Waals surface area contributed by atoms with Crippen LogP contribution < -0.4 is 11.3 Å². The van der Waals surface area contributed by atoms with Crippen molar-refractivity contribution in [1.82, 2.24) is 10.4 Å². The maximum Gasteiger partial charge on any atom is 0.126 e. The molecular weight excluding hydrogens is 272 g/mol. The zero-order chi connectivity index (χ0) is 14.8. The van der Waals surface area contributed by atoms with Gasteiger partial charge in [0.25, 0.3) is 0 Å². The van der Waals surface area contributed by atoms with Crippen LogP contribution in [0, 0.1) is 11.6 Å². The molecule has 0 spiro atoms. The fourth-order valence-electron chi connectivity index (χ4n) is 2.48. The molecule has 0 aliphatic rings. The minimum absolute atomic E-state index is 0.410. The number of nitrogens with one attached hydrogen (secondary N) is 1. The zero-order valence-corrected chi connectivity index (χ0v) is 11.1. The molecule has 3 N–H and O–H groups in total. The molecule has 0 saturated heterocycles. The van der Waals surface area contributed by atoms with Crippen LogP contribution in [0.1, 0.15) is 17.2 Å². The van der Waals surface area contributed by atoms with Gasteiger partial charge in [0.05, 0.1) is 6.04 Å². The Morgan fingerprint density at radius 3 is 2.43 bits per heavy atom. The van der Waals surface area contributed by atoms with E-state index in [0.717, 1.165) is 22.4 Å². The van der Waals surface area contributed by atoms with Crippen molar-refractivity contribution in [2.75, 3.05) is 0 Å².